The van der Waals surface area contributed by atoms with Crippen molar-refractivity contribution >= 4 is 5.69 Å². The van der Waals surface area contributed by atoms with Gasteiger partial charge in [-0.1, -0.05) is 12.1 Å². The van der Waals surface area contributed by atoms with Gasteiger partial charge in [0.2, 0.25) is 0 Å². The summed E-state index contributed by atoms with van der Waals surface area (Å²) >= 11 is 0. The molecule has 0 atom stereocenters. The molecule has 0 aliphatic carbocycles. The van der Waals surface area contributed by atoms with Crippen LogP contribution in [0.15, 0.2) is 30.5 Å². The van der Waals surface area contributed by atoms with E-state index >= 15 is 0 Å². The Balaban J connectivity index is 2.50. The van der Waals surface area contributed by atoms with Crippen LogP contribution in [0.1, 0.15) is 27.7 Å². The van der Waals surface area contributed by atoms with Gasteiger partial charge in [0.15, 0.2) is 0 Å². The van der Waals surface area contributed by atoms with Crippen LogP contribution in [0.2, 0.25) is 0 Å². The highest BCUT2D eigenvalue weighted by molar-refractivity contribution is 5.76. The minimum Gasteiger partial charge on any atom is -0.493 e. The average molecular weight is 259 g/mol. The summed E-state index contributed by atoms with van der Waals surface area (Å²) in [7, 11) is 0. The standard InChI is InChI=1S/C15H21N3O/c1-5-19-13-9-7-6-8-11(13)14-12(16)10-18(17-14)15(2,3)4/h6-10H,5,16H2,1-4H3. The maximum absolute atomic E-state index is 6.10. The van der Waals surface area contributed by atoms with Gasteiger partial charge >= 0.3 is 0 Å². The SMILES string of the molecule is CCOc1ccccc1-c1nn(C(C)(C)C)cc1N. The van der Waals surface area contributed by atoms with E-state index in [1.54, 1.807) is 0 Å². The fourth-order valence-corrected chi connectivity index (χ4v) is 1.88. The number of nitrogens with two attached hydrogens (primary N) is 1. The normalized spacial score (nSPS) is 11.6. The molecule has 0 radical (unpaired) electrons. The van der Waals surface area contributed by atoms with Gasteiger partial charge in [0.25, 0.3) is 0 Å². The van der Waals surface area contributed by atoms with Gasteiger partial charge in [-0.3, -0.25) is 4.68 Å². The van der Waals surface area contributed by atoms with Crippen molar-refractivity contribution in [2.45, 2.75) is 33.2 Å². The van der Waals surface area contributed by atoms with E-state index in [2.05, 4.69) is 25.9 Å². The van der Waals surface area contributed by atoms with Crippen molar-refractivity contribution in [2.75, 3.05) is 12.3 Å². The number of hydrogen-bond donors (Lipinski definition) is 1. The summed E-state index contributed by atoms with van der Waals surface area (Å²) in [5.41, 5.74) is 8.39. The third-order valence-electron chi connectivity index (χ3n) is 2.87. The first kappa shape index (κ1) is 13.5. The summed E-state index contributed by atoms with van der Waals surface area (Å²) in [5, 5.41) is 4.61. The fourth-order valence-electron chi connectivity index (χ4n) is 1.88. The first-order chi connectivity index (χ1) is 8.93. The van der Waals surface area contributed by atoms with Crippen molar-refractivity contribution in [3.8, 4) is 17.0 Å². The van der Waals surface area contributed by atoms with E-state index in [4.69, 9.17) is 10.5 Å². The van der Waals surface area contributed by atoms with E-state index < -0.39 is 0 Å². The number of hydrogen-bond acceptors (Lipinski definition) is 3. The summed E-state index contributed by atoms with van der Waals surface area (Å²) in [6, 6.07) is 7.84. The quantitative estimate of drug-likeness (QED) is 0.920. The number of ether oxygens (including phenoxy) is 1. The van der Waals surface area contributed by atoms with E-state index in [9.17, 15) is 0 Å². The second-order valence-electron chi connectivity index (χ2n) is 5.48. The van der Waals surface area contributed by atoms with Gasteiger partial charge in [0, 0.05) is 11.8 Å². The molecule has 0 saturated heterocycles. The maximum Gasteiger partial charge on any atom is 0.128 e. The van der Waals surface area contributed by atoms with Crippen molar-refractivity contribution in [3.63, 3.8) is 0 Å². The number of rotatable bonds is 3. The van der Waals surface area contributed by atoms with E-state index in [-0.39, 0.29) is 5.54 Å². The molecule has 0 fully saturated rings. The topological polar surface area (TPSA) is 53.1 Å². The van der Waals surface area contributed by atoms with Crippen molar-refractivity contribution < 1.29 is 4.74 Å². The summed E-state index contributed by atoms with van der Waals surface area (Å²) in [5.74, 6) is 0.816. The lowest BCUT2D eigenvalue weighted by atomic mass is 10.1. The molecule has 2 rings (SSSR count). The van der Waals surface area contributed by atoms with Gasteiger partial charge in [-0.05, 0) is 39.8 Å². The van der Waals surface area contributed by atoms with Gasteiger partial charge in [-0.15, -0.1) is 0 Å². The zero-order chi connectivity index (χ0) is 14.0. The molecule has 0 bridgehead atoms. The minimum atomic E-state index is -0.0904. The molecule has 4 heteroatoms. The number of aromatic nitrogens is 2. The van der Waals surface area contributed by atoms with Crippen LogP contribution in [0.3, 0.4) is 0 Å². The molecule has 1 heterocycles. The molecule has 0 amide bonds. The Morgan fingerprint density at radius 1 is 1.26 bits per heavy atom. The van der Waals surface area contributed by atoms with Crippen molar-refractivity contribution in [3.05, 3.63) is 30.5 Å². The van der Waals surface area contributed by atoms with Crippen LogP contribution in [0.25, 0.3) is 11.3 Å². The number of benzene rings is 1. The van der Waals surface area contributed by atoms with Gasteiger partial charge in [0.1, 0.15) is 11.4 Å². The molecule has 19 heavy (non-hydrogen) atoms. The summed E-state index contributed by atoms with van der Waals surface area (Å²) in [6.07, 6.45) is 1.87. The predicted octanol–water partition coefficient (Wildman–Crippen LogP) is 3.29. The average Bonchev–Trinajstić information content (AvgIpc) is 2.72. The highest BCUT2D eigenvalue weighted by Gasteiger charge is 2.19. The van der Waals surface area contributed by atoms with Crippen molar-refractivity contribution in [1.29, 1.82) is 0 Å². The number of nitrogens with zero attached hydrogens (tertiary/aromatic N) is 2. The number of nitrogen functional groups attached to an aromatic ring is 1. The molecule has 1 aromatic heterocycles. The first-order valence-electron chi connectivity index (χ1n) is 6.51. The molecule has 0 spiro atoms. The molecule has 0 saturated carbocycles. The lowest BCUT2D eigenvalue weighted by molar-refractivity contribution is 0.340. The Bertz CT molecular complexity index is 567. The zero-order valence-corrected chi connectivity index (χ0v) is 12.0. The van der Waals surface area contributed by atoms with E-state index in [0.717, 1.165) is 17.0 Å². The molecule has 0 unspecified atom stereocenters. The molecule has 0 aliphatic heterocycles. The van der Waals surface area contributed by atoms with E-state index in [0.29, 0.717) is 12.3 Å². The van der Waals surface area contributed by atoms with Crippen LogP contribution in [-0.2, 0) is 5.54 Å². The Morgan fingerprint density at radius 3 is 2.53 bits per heavy atom. The van der Waals surface area contributed by atoms with E-state index in [1.165, 1.54) is 0 Å². The van der Waals surface area contributed by atoms with Crippen LogP contribution < -0.4 is 10.5 Å². The Hall–Kier alpha value is -1.97. The molecule has 102 valence electrons. The zero-order valence-electron chi connectivity index (χ0n) is 12.0. The molecular weight excluding hydrogens is 238 g/mol. The van der Waals surface area contributed by atoms with Gasteiger partial charge in [-0.25, -0.2) is 0 Å². The van der Waals surface area contributed by atoms with Crippen LogP contribution in [-0.4, -0.2) is 16.4 Å². The van der Waals surface area contributed by atoms with Crippen LogP contribution in [0.5, 0.6) is 5.75 Å². The highest BCUT2D eigenvalue weighted by Crippen LogP contribution is 2.33. The summed E-state index contributed by atoms with van der Waals surface area (Å²) in [6.45, 7) is 8.87. The highest BCUT2D eigenvalue weighted by atomic mass is 16.5. The summed E-state index contributed by atoms with van der Waals surface area (Å²) < 4.78 is 7.53. The Labute approximate surface area is 114 Å². The van der Waals surface area contributed by atoms with Crippen molar-refractivity contribution in [2.24, 2.45) is 0 Å². The van der Waals surface area contributed by atoms with E-state index in [1.807, 2.05) is 42.1 Å². The van der Waals surface area contributed by atoms with Crippen LogP contribution in [0.4, 0.5) is 5.69 Å². The minimum absolute atomic E-state index is 0.0904. The van der Waals surface area contributed by atoms with Crippen LogP contribution in [0, 0.1) is 0 Å². The third-order valence-corrected chi connectivity index (χ3v) is 2.87. The number of anilines is 1. The van der Waals surface area contributed by atoms with Crippen molar-refractivity contribution in [1.82, 2.24) is 9.78 Å². The first-order valence-corrected chi connectivity index (χ1v) is 6.51. The van der Waals surface area contributed by atoms with Gasteiger partial charge < -0.3 is 10.5 Å². The molecule has 1 aromatic carbocycles. The Kier molecular flexibility index (Phi) is 3.51. The third kappa shape index (κ3) is 2.72. The Morgan fingerprint density at radius 2 is 1.95 bits per heavy atom. The number of para-hydroxylation sites is 1. The smallest absolute Gasteiger partial charge is 0.128 e. The molecule has 4 nitrogen and oxygen atoms in total. The lowest BCUT2D eigenvalue weighted by Gasteiger charge is -2.18. The fraction of sp³-hybridized carbons (Fsp3) is 0.400. The lowest BCUT2D eigenvalue weighted by Crippen LogP contribution is -2.22. The maximum atomic E-state index is 6.10. The van der Waals surface area contributed by atoms with Crippen LogP contribution >= 0.6 is 0 Å². The monoisotopic (exact) mass is 259 g/mol. The second kappa shape index (κ2) is 4.96. The summed E-state index contributed by atoms with van der Waals surface area (Å²) in [4.78, 5) is 0. The molecule has 2 aromatic rings. The molecule has 2 N–H and O–H groups in total. The predicted molar refractivity (Wildman–Crippen MR) is 78.2 cm³/mol. The largest absolute Gasteiger partial charge is 0.493 e. The van der Waals surface area contributed by atoms with Gasteiger partial charge in [0.05, 0.1) is 17.8 Å². The van der Waals surface area contributed by atoms with Gasteiger partial charge in [-0.2, -0.15) is 5.10 Å². The second-order valence-corrected chi connectivity index (χ2v) is 5.48. The molecular formula is C15H21N3O. The molecule has 0 aliphatic rings.